The Hall–Kier alpha value is -0.910. The van der Waals surface area contributed by atoms with Gasteiger partial charge in [-0.25, -0.2) is 13.4 Å². The summed E-state index contributed by atoms with van der Waals surface area (Å²) in [4.78, 5) is 12.4. The molecule has 2 fully saturated rings. The summed E-state index contributed by atoms with van der Waals surface area (Å²) in [5.74, 6) is 0.168. The summed E-state index contributed by atoms with van der Waals surface area (Å²) in [5.41, 5.74) is 0.344. The van der Waals surface area contributed by atoms with Crippen LogP contribution >= 0.6 is 0 Å². The molecule has 2 heterocycles. The van der Waals surface area contributed by atoms with Gasteiger partial charge in [0.1, 0.15) is 0 Å². The van der Waals surface area contributed by atoms with Crippen LogP contribution in [0.4, 0.5) is 0 Å². The van der Waals surface area contributed by atoms with Crippen LogP contribution in [0.25, 0.3) is 0 Å². The molecule has 1 amide bonds. The number of hydrogen-bond donors (Lipinski definition) is 0. The summed E-state index contributed by atoms with van der Waals surface area (Å²) in [6.07, 6.45) is 4.42. The Labute approximate surface area is 107 Å². The molecule has 0 aromatic heterocycles. The van der Waals surface area contributed by atoms with Crippen molar-refractivity contribution >= 4 is 21.5 Å². The molecule has 5 nitrogen and oxygen atoms in total. The predicted octanol–water partition coefficient (Wildman–Crippen LogP) is 0.952. The maximum absolute atomic E-state index is 12.4. The number of carbonyl (C=O) groups excluding carboxylic acids is 1. The van der Waals surface area contributed by atoms with Crippen LogP contribution in [0.3, 0.4) is 0 Å². The third-order valence-corrected chi connectivity index (χ3v) is 6.19. The van der Waals surface area contributed by atoms with Gasteiger partial charge in [-0.05, 0) is 32.6 Å². The summed E-state index contributed by atoms with van der Waals surface area (Å²) in [7, 11) is -3.01. The average molecular weight is 270 g/mol. The quantitative estimate of drug-likeness (QED) is 0.712. The monoisotopic (exact) mass is 270 g/mol. The SMILES string of the molecule is CC1(N2N=C3CCCCC3C2=O)CCS(=O)(=O)C1. The third-order valence-electron chi connectivity index (χ3n) is 4.31. The van der Waals surface area contributed by atoms with Crippen LogP contribution in [0.15, 0.2) is 5.10 Å². The normalized spacial score (nSPS) is 38.7. The van der Waals surface area contributed by atoms with Crippen molar-refractivity contribution in [3.05, 3.63) is 0 Å². The van der Waals surface area contributed by atoms with Crippen LogP contribution in [0, 0.1) is 5.92 Å². The molecule has 2 unspecified atom stereocenters. The highest BCUT2D eigenvalue weighted by Gasteiger charge is 2.50. The van der Waals surface area contributed by atoms with E-state index >= 15 is 0 Å². The minimum atomic E-state index is -3.01. The van der Waals surface area contributed by atoms with Gasteiger partial charge in [-0.3, -0.25) is 4.79 Å². The lowest BCUT2D eigenvalue weighted by atomic mass is 9.87. The zero-order valence-corrected chi connectivity index (χ0v) is 11.4. The van der Waals surface area contributed by atoms with E-state index in [-0.39, 0.29) is 23.3 Å². The molecule has 0 aromatic carbocycles. The fraction of sp³-hybridized carbons (Fsp3) is 0.833. The number of hydrazone groups is 1. The van der Waals surface area contributed by atoms with E-state index in [1.54, 1.807) is 0 Å². The van der Waals surface area contributed by atoms with E-state index in [1.807, 2.05) is 6.92 Å². The van der Waals surface area contributed by atoms with Crippen LogP contribution < -0.4 is 0 Å². The van der Waals surface area contributed by atoms with Crippen LogP contribution in [0.2, 0.25) is 0 Å². The number of hydrogen-bond acceptors (Lipinski definition) is 4. The van der Waals surface area contributed by atoms with Crippen molar-refractivity contribution in [1.82, 2.24) is 5.01 Å². The Bertz CT molecular complexity index is 525. The molecule has 1 aliphatic carbocycles. The Morgan fingerprint density at radius 3 is 2.78 bits per heavy atom. The minimum Gasteiger partial charge on any atom is -0.272 e. The standard InChI is InChI=1S/C12H18N2O3S/c1-12(6-7-18(16,17)8-12)14-11(15)9-4-2-3-5-10(9)13-14/h9H,2-8H2,1H3. The molecule has 3 rings (SSSR count). The molecule has 3 aliphatic rings. The number of amides is 1. The maximum atomic E-state index is 12.4. The first kappa shape index (κ1) is 12.1. The summed E-state index contributed by atoms with van der Waals surface area (Å²) in [6, 6.07) is 0. The number of rotatable bonds is 1. The zero-order valence-electron chi connectivity index (χ0n) is 10.6. The zero-order chi connectivity index (χ0) is 13.0. The van der Waals surface area contributed by atoms with Gasteiger partial charge in [-0.15, -0.1) is 0 Å². The van der Waals surface area contributed by atoms with E-state index in [1.165, 1.54) is 5.01 Å². The first-order valence-electron chi connectivity index (χ1n) is 6.53. The molecule has 100 valence electrons. The second-order valence-electron chi connectivity index (χ2n) is 5.88. The second kappa shape index (κ2) is 3.79. The Balaban J connectivity index is 1.90. The largest absolute Gasteiger partial charge is 0.272 e. The third kappa shape index (κ3) is 1.77. The molecule has 1 saturated heterocycles. The minimum absolute atomic E-state index is 0.0179. The van der Waals surface area contributed by atoms with Crippen molar-refractivity contribution < 1.29 is 13.2 Å². The Kier molecular flexibility index (Phi) is 2.56. The van der Waals surface area contributed by atoms with Crippen molar-refractivity contribution in [3.8, 4) is 0 Å². The smallest absolute Gasteiger partial charge is 0.252 e. The van der Waals surface area contributed by atoms with Gasteiger partial charge in [0.05, 0.1) is 28.7 Å². The second-order valence-corrected chi connectivity index (χ2v) is 8.06. The Morgan fingerprint density at radius 2 is 2.17 bits per heavy atom. The van der Waals surface area contributed by atoms with Crippen LogP contribution in [-0.4, -0.2) is 42.1 Å². The van der Waals surface area contributed by atoms with Gasteiger partial charge in [-0.1, -0.05) is 6.42 Å². The van der Waals surface area contributed by atoms with E-state index in [9.17, 15) is 13.2 Å². The van der Waals surface area contributed by atoms with Crippen molar-refractivity contribution in [2.75, 3.05) is 11.5 Å². The van der Waals surface area contributed by atoms with E-state index in [4.69, 9.17) is 0 Å². The highest BCUT2D eigenvalue weighted by atomic mass is 32.2. The summed E-state index contributed by atoms with van der Waals surface area (Å²) in [5, 5.41) is 5.94. The first-order valence-corrected chi connectivity index (χ1v) is 8.35. The molecular weight excluding hydrogens is 252 g/mol. The fourth-order valence-electron chi connectivity index (χ4n) is 3.25. The van der Waals surface area contributed by atoms with Crippen molar-refractivity contribution in [2.45, 2.75) is 44.6 Å². The van der Waals surface area contributed by atoms with Gasteiger partial charge in [0.15, 0.2) is 9.84 Å². The lowest BCUT2D eigenvalue weighted by Crippen LogP contribution is -2.47. The van der Waals surface area contributed by atoms with Gasteiger partial charge in [0.25, 0.3) is 5.91 Å². The van der Waals surface area contributed by atoms with E-state index in [0.29, 0.717) is 6.42 Å². The van der Waals surface area contributed by atoms with Gasteiger partial charge in [0, 0.05) is 0 Å². The number of sulfone groups is 1. The van der Waals surface area contributed by atoms with E-state index in [2.05, 4.69) is 5.10 Å². The summed E-state index contributed by atoms with van der Waals surface area (Å²) in [6.45, 7) is 1.84. The maximum Gasteiger partial charge on any atom is 0.252 e. The van der Waals surface area contributed by atoms with Crippen molar-refractivity contribution in [3.63, 3.8) is 0 Å². The highest BCUT2D eigenvalue weighted by Crippen LogP contribution is 2.37. The molecule has 6 heteroatoms. The highest BCUT2D eigenvalue weighted by molar-refractivity contribution is 7.91. The molecule has 18 heavy (non-hydrogen) atoms. The summed E-state index contributed by atoms with van der Waals surface area (Å²) < 4.78 is 23.3. The van der Waals surface area contributed by atoms with Gasteiger partial charge in [0.2, 0.25) is 0 Å². The molecule has 0 spiro atoms. The van der Waals surface area contributed by atoms with Gasteiger partial charge in [-0.2, -0.15) is 5.10 Å². The van der Waals surface area contributed by atoms with E-state index in [0.717, 1.165) is 31.4 Å². The average Bonchev–Trinajstić information content (AvgIpc) is 2.79. The molecule has 2 aliphatic heterocycles. The van der Waals surface area contributed by atoms with Crippen LogP contribution in [0.1, 0.15) is 39.0 Å². The first-order chi connectivity index (χ1) is 8.41. The fourth-order valence-corrected chi connectivity index (χ4v) is 5.36. The lowest BCUT2D eigenvalue weighted by molar-refractivity contribution is -0.136. The topological polar surface area (TPSA) is 66.8 Å². The van der Waals surface area contributed by atoms with Crippen molar-refractivity contribution in [2.24, 2.45) is 11.0 Å². The van der Waals surface area contributed by atoms with Gasteiger partial charge >= 0.3 is 0 Å². The lowest BCUT2D eigenvalue weighted by Gasteiger charge is -2.31. The molecule has 0 bridgehead atoms. The van der Waals surface area contributed by atoms with Crippen molar-refractivity contribution in [1.29, 1.82) is 0 Å². The van der Waals surface area contributed by atoms with Crippen LogP contribution in [0.5, 0.6) is 0 Å². The van der Waals surface area contributed by atoms with Crippen LogP contribution in [-0.2, 0) is 14.6 Å². The molecule has 2 atom stereocenters. The molecule has 0 radical (unpaired) electrons. The number of carbonyl (C=O) groups is 1. The number of nitrogens with zero attached hydrogens (tertiary/aromatic N) is 2. The van der Waals surface area contributed by atoms with Gasteiger partial charge < -0.3 is 0 Å². The summed E-state index contributed by atoms with van der Waals surface area (Å²) >= 11 is 0. The number of fused-ring (bicyclic) bond motifs is 1. The molecule has 0 aromatic rings. The predicted molar refractivity (Wildman–Crippen MR) is 67.9 cm³/mol. The molecule has 0 N–H and O–H groups in total. The molecular formula is C12H18N2O3S. The molecule has 1 saturated carbocycles. The van der Waals surface area contributed by atoms with E-state index < -0.39 is 15.4 Å². The Morgan fingerprint density at radius 1 is 1.39 bits per heavy atom.